The number of carbonyl (C=O) groups excluding carboxylic acids is 1. The summed E-state index contributed by atoms with van der Waals surface area (Å²) in [7, 11) is 0. The Bertz CT molecular complexity index is 982. The molecular formula is C20H16N2O3S. The van der Waals surface area contributed by atoms with Crippen LogP contribution in [0.25, 0.3) is 0 Å². The molecule has 3 aliphatic rings. The minimum absolute atomic E-state index is 0.343. The Morgan fingerprint density at radius 1 is 1.08 bits per heavy atom. The van der Waals surface area contributed by atoms with Crippen molar-refractivity contribution >= 4 is 29.3 Å². The van der Waals surface area contributed by atoms with E-state index in [1.165, 1.54) is 0 Å². The Kier molecular flexibility index (Phi) is 3.21. The molecule has 0 fully saturated rings. The van der Waals surface area contributed by atoms with Gasteiger partial charge in [-0.1, -0.05) is 59.4 Å². The van der Waals surface area contributed by atoms with Gasteiger partial charge in [-0.25, -0.2) is 4.79 Å². The first-order valence-corrected chi connectivity index (χ1v) is 9.21. The molecule has 0 radical (unpaired) electrons. The van der Waals surface area contributed by atoms with E-state index in [1.807, 2.05) is 73.3 Å². The molecule has 0 N–H and O–H groups in total. The molecule has 0 bridgehead atoms. The zero-order chi connectivity index (χ0) is 17.9. The van der Waals surface area contributed by atoms with Gasteiger partial charge in [-0.3, -0.25) is 4.90 Å². The quantitative estimate of drug-likeness (QED) is 0.718. The molecule has 0 amide bonds. The molecule has 3 heterocycles. The number of thioether (sulfide) groups is 1. The Hall–Kier alpha value is -2.73. The summed E-state index contributed by atoms with van der Waals surface area (Å²) in [5.41, 5.74) is 1.76. The van der Waals surface area contributed by atoms with Gasteiger partial charge in [0.25, 0.3) is 0 Å². The molecule has 1 atom stereocenters. The lowest BCUT2D eigenvalue weighted by molar-refractivity contribution is -0.145. The zero-order valence-electron chi connectivity index (χ0n) is 14.3. The first kappa shape index (κ1) is 15.5. The first-order valence-electron chi connectivity index (χ1n) is 8.39. The van der Waals surface area contributed by atoms with Crippen LogP contribution in [0.3, 0.4) is 0 Å². The number of cyclic esters (lactones) is 1. The van der Waals surface area contributed by atoms with E-state index in [9.17, 15) is 4.79 Å². The highest BCUT2D eigenvalue weighted by Gasteiger charge is 2.51. The molecule has 0 saturated heterocycles. The molecular weight excluding hydrogens is 348 g/mol. The summed E-state index contributed by atoms with van der Waals surface area (Å²) in [4.78, 5) is 22.4. The third-order valence-electron chi connectivity index (χ3n) is 4.68. The zero-order valence-corrected chi connectivity index (χ0v) is 15.1. The number of benzene rings is 2. The van der Waals surface area contributed by atoms with Crippen LogP contribution in [0.2, 0.25) is 0 Å². The van der Waals surface area contributed by atoms with Crippen molar-refractivity contribution < 1.29 is 14.4 Å². The summed E-state index contributed by atoms with van der Waals surface area (Å²) in [5.74, 6) is 0.347. The van der Waals surface area contributed by atoms with E-state index < -0.39 is 11.8 Å². The number of hydrogen-bond acceptors (Lipinski definition) is 6. The minimum Gasteiger partial charge on any atom is -0.451 e. The molecule has 0 aromatic heterocycles. The second-order valence-electron chi connectivity index (χ2n) is 6.82. The van der Waals surface area contributed by atoms with Crippen LogP contribution in [0.5, 0.6) is 0 Å². The maximum atomic E-state index is 12.7. The molecule has 0 saturated carbocycles. The van der Waals surface area contributed by atoms with Crippen LogP contribution in [0.4, 0.5) is 5.69 Å². The van der Waals surface area contributed by atoms with Crippen molar-refractivity contribution in [1.29, 1.82) is 0 Å². The first-order chi connectivity index (χ1) is 12.6. The number of amidine groups is 1. The van der Waals surface area contributed by atoms with Crippen LogP contribution in [0, 0.1) is 0 Å². The summed E-state index contributed by atoms with van der Waals surface area (Å²) >= 11 is 1.57. The highest BCUT2D eigenvalue weighted by molar-refractivity contribution is 8.03. The van der Waals surface area contributed by atoms with Crippen LogP contribution in [-0.4, -0.2) is 23.6 Å². The molecule has 6 heteroatoms. The number of hydrogen-bond donors (Lipinski definition) is 0. The van der Waals surface area contributed by atoms with Crippen LogP contribution < -0.4 is 4.90 Å². The molecule has 26 heavy (non-hydrogen) atoms. The topological polar surface area (TPSA) is 51.1 Å². The van der Waals surface area contributed by atoms with Crippen LogP contribution in [-0.2, 0) is 14.4 Å². The lowest BCUT2D eigenvalue weighted by atomic mass is 10.1. The number of oxime groups is 1. The fraction of sp³-hybridized carbons (Fsp3) is 0.200. The third-order valence-corrected chi connectivity index (χ3v) is 6.16. The van der Waals surface area contributed by atoms with E-state index in [2.05, 4.69) is 5.16 Å². The largest absolute Gasteiger partial charge is 0.451 e. The number of carbonyl (C=O) groups is 1. The highest BCUT2D eigenvalue weighted by Crippen LogP contribution is 2.51. The second kappa shape index (κ2) is 5.38. The number of fused-ring (bicyclic) bond motifs is 4. The monoisotopic (exact) mass is 364 g/mol. The Labute approximate surface area is 155 Å². The highest BCUT2D eigenvalue weighted by atomic mass is 32.2. The number of rotatable bonds is 1. The van der Waals surface area contributed by atoms with E-state index in [-0.39, 0.29) is 5.97 Å². The van der Waals surface area contributed by atoms with Gasteiger partial charge in [0.1, 0.15) is 11.2 Å². The molecule has 0 spiro atoms. The smallest absolute Gasteiger partial charge is 0.341 e. The average Bonchev–Trinajstić information content (AvgIpc) is 3.10. The van der Waals surface area contributed by atoms with Gasteiger partial charge in [0.15, 0.2) is 5.84 Å². The Morgan fingerprint density at radius 2 is 1.81 bits per heavy atom. The van der Waals surface area contributed by atoms with Gasteiger partial charge < -0.3 is 9.57 Å². The lowest BCUT2D eigenvalue weighted by Crippen LogP contribution is -2.39. The second-order valence-corrected chi connectivity index (χ2v) is 7.87. The summed E-state index contributed by atoms with van der Waals surface area (Å²) in [6.07, 6.45) is -0.620. The molecule has 1 unspecified atom stereocenters. The maximum Gasteiger partial charge on any atom is 0.341 e. The maximum absolute atomic E-state index is 12.7. The van der Waals surface area contributed by atoms with Gasteiger partial charge >= 0.3 is 5.97 Å². The van der Waals surface area contributed by atoms with Crippen molar-refractivity contribution in [2.24, 2.45) is 5.16 Å². The van der Waals surface area contributed by atoms with Gasteiger partial charge in [0.2, 0.25) is 6.23 Å². The van der Waals surface area contributed by atoms with Crippen molar-refractivity contribution in [2.75, 3.05) is 4.90 Å². The van der Waals surface area contributed by atoms with Crippen molar-refractivity contribution in [3.05, 3.63) is 70.6 Å². The van der Waals surface area contributed by atoms with E-state index in [1.54, 1.807) is 11.8 Å². The number of ether oxygens (including phenoxy) is 1. The normalized spacial score (nSPS) is 22.7. The molecule has 5 rings (SSSR count). The van der Waals surface area contributed by atoms with Crippen molar-refractivity contribution in [1.82, 2.24) is 0 Å². The van der Waals surface area contributed by atoms with Crippen molar-refractivity contribution in [2.45, 2.75) is 30.6 Å². The van der Waals surface area contributed by atoms with Crippen molar-refractivity contribution in [3.63, 3.8) is 0 Å². The predicted molar refractivity (Wildman–Crippen MR) is 99.8 cm³/mol. The van der Waals surface area contributed by atoms with E-state index in [4.69, 9.17) is 9.57 Å². The minimum atomic E-state index is -0.681. The van der Waals surface area contributed by atoms with Crippen LogP contribution in [0.15, 0.2) is 75.1 Å². The molecule has 2 aromatic carbocycles. The lowest BCUT2D eigenvalue weighted by Gasteiger charge is -2.25. The van der Waals surface area contributed by atoms with Gasteiger partial charge in [0.05, 0.1) is 5.69 Å². The molecule has 130 valence electrons. The molecule has 5 nitrogen and oxygen atoms in total. The van der Waals surface area contributed by atoms with E-state index in [0.29, 0.717) is 11.4 Å². The number of nitrogens with zero attached hydrogens (tertiary/aromatic N) is 2. The van der Waals surface area contributed by atoms with E-state index in [0.717, 1.165) is 21.1 Å². The van der Waals surface area contributed by atoms with Gasteiger partial charge in [-0.15, -0.1) is 0 Å². The number of para-hydroxylation sites is 1. The molecule has 3 aliphatic heterocycles. The van der Waals surface area contributed by atoms with E-state index >= 15 is 0 Å². The summed E-state index contributed by atoms with van der Waals surface area (Å²) in [6, 6.07) is 17.9. The fourth-order valence-corrected chi connectivity index (χ4v) is 4.72. The van der Waals surface area contributed by atoms with Gasteiger partial charge in [-0.2, -0.15) is 0 Å². The summed E-state index contributed by atoms with van der Waals surface area (Å²) in [5, 5.41) is 4.33. The SMILES string of the molecule is CC1(C)OC(=O)C2=C1Sc1ccccc1N1C(c3ccccc3)=NOC21. The van der Waals surface area contributed by atoms with Crippen LogP contribution in [0.1, 0.15) is 19.4 Å². The third kappa shape index (κ3) is 2.12. The average molecular weight is 364 g/mol. The van der Waals surface area contributed by atoms with Gasteiger partial charge in [-0.05, 0) is 26.0 Å². The predicted octanol–water partition coefficient (Wildman–Crippen LogP) is 3.91. The number of anilines is 1. The van der Waals surface area contributed by atoms with Crippen LogP contribution >= 0.6 is 11.8 Å². The van der Waals surface area contributed by atoms with Crippen molar-refractivity contribution in [3.8, 4) is 0 Å². The summed E-state index contributed by atoms with van der Waals surface area (Å²) in [6.45, 7) is 3.82. The van der Waals surface area contributed by atoms with Gasteiger partial charge in [0, 0.05) is 15.4 Å². The fourth-order valence-electron chi connectivity index (χ4n) is 3.50. The summed E-state index contributed by atoms with van der Waals surface area (Å²) < 4.78 is 5.62. The Morgan fingerprint density at radius 3 is 2.62 bits per heavy atom. The standard InChI is InChI=1S/C20H16N2O3S/c1-20(2)16-15(19(23)24-20)18-22(13-10-6-7-11-14(13)26-16)17(21-25-18)12-8-4-3-5-9-12/h3-11,18H,1-2H3. The molecule has 0 aliphatic carbocycles. The number of esters is 1. The Balaban J connectivity index is 1.72. The molecule has 2 aromatic rings.